The van der Waals surface area contributed by atoms with E-state index < -0.39 is 0 Å². The second-order valence-electron chi connectivity index (χ2n) is 3.39. The number of anilines is 1. The summed E-state index contributed by atoms with van der Waals surface area (Å²) in [6.07, 6.45) is 1.71. The quantitative estimate of drug-likeness (QED) is 0.676. The van der Waals surface area contributed by atoms with Crippen LogP contribution < -0.4 is 5.32 Å². The van der Waals surface area contributed by atoms with Crippen LogP contribution in [0.1, 0.15) is 11.3 Å². The van der Waals surface area contributed by atoms with Gasteiger partial charge in [0.05, 0.1) is 18.4 Å². The first-order valence-corrected chi connectivity index (χ1v) is 6.21. The van der Waals surface area contributed by atoms with Gasteiger partial charge in [-0.25, -0.2) is 4.98 Å². The molecule has 16 heavy (non-hydrogen) atoms. The average Bonchev–Trinajstić information content (AvgIpc) is 2.66. The van der Waals surface area contributed by atoms with Gasteiger partial charge in [0.1, 0.15) is 10.9 Å². The Morgan fingerprint density at radius 1 is 1.50 bits per heavy atom. The molecule has 1 N–H and O–H groups in total. The van der Waals surface area contributed by atoms with Gasteiger partial charge in [0.2, 0.25) is 0 Å². The highest BCUT2D eigenvalue weighted by molar-refractivity contribution is 14.1. The number of pyridine rings is 1. The molecule has 0 aromatic carbocycles. The lowest BCUT2D eigenvalue weighted by Gasteiger charge is -2.05. The second kappa shape index (κ2) is 5.05. The highest BCUT2D eigenvalue weighted by atomic mass is 127. The third-order valence-electron chi connectivity index (χ3n) is 2.11. The van der Waals surface area contributed by atoms with E-state index in [-0.39, 0.29) is 0 Å². The third kappa shape index (κ3) is 2.89. The monoisotopic (exact) mass is 348 g/mol. The molecule has 0 saturated carbocycles. The fourth-order valence-electron chi connectivity index (χ4n) is 1.29. The van der Waals surface area contributed by atoms with Gasteiger partial charge in [0.25, 0.3) is 0 Å². The normalized spacial score (nSPS) is 10.4. The van der Waals surface area contributed by atoms with Crippen molar-refractivity contribution >= 4 is 39.9 Å². The Morgan fingerprint density at radius 2 is 2.31 bits per heavy atom. The molecule has 0 bridgehead atoms. The van der Waals surface area contributed by atoms with Crippen LogP contribution in [0.2, 0.25) is 5.15 Å². The maximum absolute atomic E-state index is 5.84. The molecule has 0 unspecified atom stereocenters. The van der Waals surface area contributed by atoms with E-state index in [9.17, 15) is 0 Å². The summed E-state index contributed by atoms with van der Waals surface area (Å²) >= 11 is 7.98. The summed E-state index contributed by atoms with van der Waals surface area (Å²) in [7, 11) is 0. The molecule has 2 rings (SSSR count). The van der Waals surface area contributed by atoms with Gasteiger partial charge < -0.3 is 9.73 Å². The number of aryl methyl sites for hydroxylation is 1. The zero-order valence-corrected chi connectivity index (χ0v) is 11.5. The Balaban J connectivity index is 2.02. The number of nitrogens with one attached hydrogen (secondary N) is 1. The lowest BCUT2D eigenvalue weighted by Crippen LogP contribution is -1.99. The zero-order chi connectivity index (χ0) is 11.5. The number of furan rings is 1. The lowest BCUT2D eigenvalue weighted by atomic mass is 10.3. The molecule has 0 saturated heterocycles. The van der Waals surface area contributed by atoms with Crippen molar-refractivity contribution in [3.63, 3.8) is 0 Å². The van der Waals surface area contributed by atoms with E-state index >= 15 is 0 Å². The van der Waals surface area contributed by atoms with Crippen molar-refractivity contribution in [2.45, 2.75) is 13.5 Å². The molecule has 2 aromatic rings. The zero-order valence-electron chi connectivity index (χ0n) is 8.63. The van der Waals surface area contributed by atoms with E-state index in [1.54, 1.807) is 6.20 Å². The maximum Gasteiger partial charge on any atom is 0.164 e. The molecule has 2 aromatic heterocycles. The lowest BCUT2D eigenvalue weighted by molar-refractivity contribution is 0.493. The van der Waals surface area contributed by atoms with Crippen molar-refractivity contribution in [2.75, 3.05) is 5.32 Å². The van der Waals surface area contributed by atoms with E-state index in [0.29, 0.717) is 11.7 Å². The van der Waals surface area contributed by atoms with Gasteiger partial charge in [0.15, 0.2) is 3.77 Å². The Morgan fingerprint density at radius 3 is 2.94 bits per heavy atom. The highest BCUT2D eigenvalue weighted by Gasteiger charge is 2.01. The van der Waals surface area contributed by atoms with Crippen molar-refractivity contribution in [3.8, 4) is 0 Å². The molecule has 0 fully saturated rings. The predicted octanol–water partition coefficient (Wildman–Crippen LogP) is 3.85. The van der Waals surface area contributed by atoms with Crippen LogP contribution in [0.15, 0.2) is 28.8 Å². The molecule has 0 spiro atoms. The minimum absolute atomic E-state index is 0.540. The molecule has 0 aliphatic heterocycles. The van der Waals surface area contributed by atoms with Crippen LogP contribution in [-0.4, -0.2) is 4.98 Å². The van der Waals surface area contributed by atoms with Crippen LogP contribution in [0.4, 0.5) is 5.69 Å². The second-order valence-corrected chi connectivity index (χ2v) is 4.81. The molecular weight excluding hydrogens is 338 g/mol. The first-order chi connectivity index (χ1) is 7.65. The van der Waals surface area contributed by atoms with Crippen LogP contribution in [0.25, 0.3) is 0 Å². The van der Waals surface area contributed by atoms with E-state index in [0.717, 1.165) is 20.8 Å². The van der Waals surface area contributed by atoms with E-state index in [4.69, 9.17) is 16.0 Å². The number of aromatic nitrogens is 1. The van der Waals surface area contributed by atoms with Crippen LogP contribution in [0.5, 0.6) is 0 Å². The van der Waals surface area contributed by atoms with Crippen molar-refractivity contribution in [3.05, 3.63) is 44.6 Å². The SMILES string of the molecule is Cc1cc(NCc2ccc(I)o2)cnc1Cl. The first kappa shape index (κ1) is 11.7. The standard InChI is InChI=1S/C11H10ClIN2O/c1-7-4-8(5-15-11(7)12)14-6-9-2-3-10(13)16-9/h2-5,14H,6H2,1H3. The Hall–Kier alpha value is -0.750. The Labute approximate surface area is 112 Å². The first-order valence-electron chi connectivity index (χ1n) is 4.75. The maximum atomic E-state index is 5.84. The van der Waals surface area contributed by atoms with E-state index in [2.05, 4.69) is 32.9 Å². The minimum atomic E-state index is 0.540. The summed E-state index contributed by atoms with van der Waals surface area (Å²) in [5.41, 5.74) is 1.90. The van der Waals surface area contributed by atoms with E-state index in [1.807, 2.05) is 25.1 Å². The van der Waals surface area contributed by atoms with Gasteiger partial charge in [0, 0.05) is 0 Å². The number of nitrogens with zero attached hydrogens (tertiary/aromatic N) is 1. The molecule has 0 aliphatic carbocycles. The van der Waals surface area contributed by atoms with Gasteiger partial charge in [-0.1, -0.05) is 11.6 Å². The van der Waals surface area contributed by atoms with Crippen molar-refractivity contribution in [1.29, 1.82) is 0 Å². The molecule has 0 atom stereocenters. The highest BCUT2D eigenvalue weighted by Crippen LogP contribution is 2.17. The van der Waals surface area contributed by atoms with Gasteiger partial charge in [-0.15, -0.1) is 0 Å². The van der Waals surface area contributed by atoms with Crippen LogP contribution in [-0.2, 0) is 6.54 Å². The summed E-state index contributed by atoms with van der Waals surface area (Å²) < 4.78 is 6.33. The van der Waals surface area contributed by atoms with Crippen molar-refractivity contribution < 1.29 is 4.42 Å². The summed E-state index contributed by atoms with van der Waals surface area (Å²) in [6, 6.07) is 5.84. The number of hydrogen-bond donors (Lipinski definition) is 1. The van der Waals surface area contributed by atoms with Crippen molar-refractivity contribution in [1.82, 2.24) is 4.98 Å². The molecule has 84 valence electrons. The summed E-state index contributed by atoms with van der Waals surface area (Å²) in [6.45, 7) is 2.57. The molecule has 0 aliphatic rings. The third-order valence-corrected chi connectivity index (χ3v) is 3.09. The molecule has 3 nitrogen and oxygen atoms in total. The summed E-state index contributed by atoms with van der Waals surface area (Å²) in [5.74, 6) is 0.900. The Kier molecular flexibility index (Phi) is 3.70. The molecule has 0 amide bonds. The molecular formula is C11H10ClIN2O. The molecule has 0 radical (unpaired) electrons. The smallest absolute Gasteiger partial charge is 0.164 e. The topological polar surface area (TPSA) is 38.1 Å². The van der Waals surface area contributed by atoms with Gasteiger partial charge in [-0.05, 0) is 53.3 Å². The summed E-state index contributed by atoms with van der Waals surface area (Å²) in [4.78, 5) is 4.07. The van der Waals surface area contributed by atoms with Gasteiger partial charge in [-0.2, -0.15) is 0 Å². The number of rotatable bonds is 3. The average molecular weight is 349 g/mol. The van der Waals surface area contributed by atoms with Crippen molar-refractivity contribution in [2.24, 2.45) is 0 Å². The Bertz CT molecular complexity index is 498. The van der Waals surface area contributed by atoms with Crippen LogP contribution in [0, 0.1) is 10.7 Å². The fourth-order valence-corrected chi connectivity index (χ4v) is 1.86. The van der Waals surface area contributed by atoms with E-state index in [1.165, 1.54) is 0 Å². The van der Waals surface area contributed by atoms with Gasteiger partial charge >= 0.3 is 0 Å². The van der Waals surface area contributed by atoms with Gasteiger partial charge in [-0.3, -0.25) is 0 Å². The largest absolute Gasteiger partial charge is 0.454 e. The van der Waals surface area contributed by atoms with Crippen LogP contribution in [0.3, 0.4) is 0 Å². The fraction of sp³-hybridized carbons (Fsp3) is 0.182. The minimum Gasteiger partial charge on any atom is -0.454 e. The predicted molar refractivity (Wildman–Crippen MR) is 72.7 cm³/mol. The number of hydrogen-bond acceptors (Lipinski definition) is 3. The number of halogens is 2. The summed E-state index contributed by atoms with van der Waals surface area (Å²) in [5, 5.41) is 3.76. The molecule has 5 heteroatoms. The molecule has 2 heterocycles. The van der Waals surface area contributed by atoms with Crippen LogP contribution >= 0.6 is 34.2 Å².